The van der Waals surface area contributed by atoms with Gasteiger partial charge in [0.1, 0.15) is 0 Å². The Hall–Kier alpha value is -1.75. The van der Waals surface area contributed by atoms with Gasteiger partial charge in [0, 0.05) is 6.54 Å². The van der Waals surface area contributed by atoms with E-state index in [0.29, 0.717) is 36.8 Å². The highest BCUT2D eigenvalue weighted by atomic mass is 16.5. The van der Waals surface area contributed by atoms with Crippen LogP contribution in [0.4, 0.5) is 5.69 Å². The number of hydrogen-bond acceptors (Lipinski definition) is 4. The van der Waals surface area contributed by atoms with Gasteiger partial charge in [0.25, 0.3) is 5.91 Å². The number of nitrogens with two attached hydrogens (primary N) is 1. The van der Waals surface area contributed by atoms with Gasteiger partial charge in [-0.05, 0) is 18.6 Å². The van der Waals surface area contributed by atoms with E-state index < -0.39 is 0 Å². The zero-order valence-electron chi connectivity index (χ0n) is 11.4. The molecule has 1 aromatic carbocycles. The minimum atomic E-state index is -0.0423. The summed E-state index contributed by atoms with van der Waals surface area (Å²) in [6, 6.07) is 5.37. The van der Waals surface area contributed by atoms with Gasteiger partial charge in [-0.1, -0.05) is 13.0 Å². The average Bonchev–Trinajstić information content (AvgIpc) is 2.46. The van der Waals surface area contributed by atoms with Crippen molar-refractivity contribution in [1.29, 1.82) is 0 Å². The van der Waals surface area contributed by atoms with Crippen molar-refractivity contribution in [3.05, 3.63) is 23.8 Å². The topological polar surface area (TPSA) is 64.8 Å². The van der Waals surface area contributed by atoms with Crippen LogP contribution in [0, 0.1) is 0 Å². The molecule has 0 spiro atoms. The predicted octanol–water partition coefficient (Wildman–Crippen LogP) is 1.53. The van der Waals surface area contributed by atoms with Crippen LogP contribution in [0.5, 0.6) is 5.75 Å². The molecule has 1 unspecified atom stereocenters. The number of carbonyl (C=O) groups excluding carboxylic acids is 1. The molecule has 2 rings (SSSR count). The van der Waals surface area contributed by atoms with Crippen LogP contribution >= 0.6 is 0 Å². The van der Waals surface area contributed by atoms with Gasteiger partial charge in [0.05, 0.1) is 37.6 Å². The highest BCUT2D eigenvalue weighted by Crippen LogP contribution is 2.28. The van der Waals surface area contributed by atoms with Crippen LogP contribution in [0.3, 0.4) is 0 Å². The van der Waals surface area contributed by atoms with Crippen LogP contribution in [0.25, 0.3) is 0 Å². The van der Waals surface area contributed by atoms with E-state index in [1.165, 1.54) is 7.11 Å². The van der Waals surface area contributed by atoms with Gasteiger partial charge in [-0.25, -0.2) is 0 Å². The standard InChI is InChI=1S/C14H20N2O3/c1-3-10-9-19-8-7-16(10)14(17)11-5-4-6-12(15)13(11)18-2/h4-6,10H,3,7-9,15H2,1-2H3. The molecule has 0 bridgehead atoms. The quantitative estimate of drug-likeness (QED) is 0.841. The average molecular weight is 264 g/mol. The fraction of sp³-hybridized carbons (Fsp3) is 0.500. The number of methoxy groups -OCH3 is 1. The molecule has 5 nitrogen and oxygen atoms in total. The smallest absolute Gasteiger partial charge is 0.258 e. The Morgan fingerprint density at radius 3 is 3.05 bits per heavy atom. The largest absolute Gasteiger partial charge is 0.494 e. The first kappa shape index (κ1) is 13.7. The molecule has 0 saturated carbocycles. The van der Waals surface area contributed by atoms with Crippen molar-refractivity contribution in [2.75, 3.05) is 32.6 Å². The van der Waals surface area contributed by atoms with Crippen molar-refractivity contribution in [1.82, 2.24) is 4.90 Å². The molecule has 1 fully saturated rings. The minimum absolute atomic E-state index is 0.0423. The zero-order chi connectivity index (χ0) is 13.8. The first-order chi connectivity index (χ1) is 9.19. The summed E-state index contributed by atoms with van der Waals surface area (Å²) >= 11 is 0. The number of rotatable bonds is 3. The van der Waals surface area contributed by atoms with Crippen LogP contribution in [-0.4, -0.2) is 43.7 Å². The summed E-state index contributed by atoms with van der Waals surface area (Å²) in [4.78, 5) is 14.5. The summed E-state index contributed by atoms with van der Waals surface area (Å²) < 4.78 is 10.7. The monoisotopic (exact) mass is 264 g/mol. The summed E-state index contributed by atoms with van der Waals surface area (Å²) in [5.41, 5.74) is 6.84. The third-order valence-corrected chi connectivity index (χ3v) is 3.44. The van der Waals surface area contributed by atoms with Crippen molar-refractivity contribution in [3.8, 4) is 5.75 Å². The number of benzene rings is 1. The van der Waals surface area contributed by atoms with E-state index in [0.717, 1.165) is 6.42 Å². The molecule has 1 aliphatic heterocycles. The lowest BCUT2D eigenvalue weighted by atomic mass is 10.1. The molecule has 1 heterocycles. The Morgan fingerprint density at radius 2 is 2.37 bits per heavy atom. The molecule has 0 radical (unpaired) electrons. The Labute approximate surface area is 113 Å². The number of anilines is 1. The second kappa shape index (κ2) is 5.93. The minimum Gasteiger partial charge on any atom is -0.494 e. The van der Waals surface area contributed by atoms with E-state index >= 15 is 0 Å². The number of morpholine rings is 1. The molecule has 1 aromatic rings. The Kier molecular flexibility index (Phi) is 4.27. The number of para-hydroxylation sites is 1. The van der Waals surface area contributed by atoms with E-state index in [4.69, 9.17) is 15.2 Å². The van der Waals surface area contributed by atoms with Gasteiger partial charge in [-0.2, -0.15) is 0 Å². The van der Waals surface area contributed by atoms with Crippen LogP contribution in [-0.2, 0) is 4.74 Å². The van der Waals surface area contributed by atoms with Crippen LogP contribution in [0.2, 0.25) is 0 Å². The highest BCUT2D eigenvalue weighted by Gasteiger charge is 2.28. The third kappa shape index (κ3) is 2.66. The zero-order valence-corrected chi connectivity index (χ0v) is 11.4. The van der Waals surface area contributed by atoms with E-state index in [1.807, 2.05) is 4.90 Å². The molecule has 19 heavy (non-hydrogen) atoms. The van der Waals surface area contributed by atoms with Gasteiger partial charge in [0.15, 0.2) is 5.75 Å². The molecule has 2 N–H and O–H groups in total. The summed E-state index contributed by atoms with van der Waals surface area (Å²) in [6.07, 6.45) is 0.871. The molecule has 0 aliphatic carbocycles. The number of carbonyl (C=O) groups is 1. The molecule has 1 aliphatic rings. The SMILES string of the molecule is CCC1COCCN1C(=O)c1cccc(N)c1OC. The first-order valence-corrected chi connectivity index (χ1v) is 6.50. The lowest BCUT2D eigenvalue weighted by Crippen LogP contribution is -2.48. The molecule has 0 aromatic heterocycles. The van der Waals surface area contributed by atoms with Crippen molar-refractivity contribution < 1.29 is 14.3 Å². The molecular formula is C14H20N2O3. The summed E-state index contributed by atoms with van der Waals surface area (Å²) in [5.74, 6) is 0.410. The normalized spacial score (nSPS) is 19.3. The fourth-order valence-electron chi connectivity index (χ4n) is 2.37. The summed E-state index contributed by atoms with van der Waals surface area (Å²) in [5, 5.41) is 0. The Bertz CT molecular complexity index is 462. The van der Waals surface area contributed by atoms with Crippen molar-refractivity contribution in [2.24, 2.45) is 0 Å². The van der Waals surface area contributed by atoms with E-state index in [-0.39, 0.29) is 11.9 Å². The van der Waals surface area contributed by atoms with Gasteiger partial charge >= 0.3 is 0 Å². The van der Waals surface area contributed by atoms with E-state index in [1.54, 1.807) is 18.2 Å². The van der Waals surface area contributed by atoms with Gasteiger partial charge < -0.3 is 20.1 Å². The number of hydrogen-bond donors (Lipinski definition) is 1. The van der Waals surface area contributed by atoms with Crippen molar-refractivity contribution >= 4 is 11.6 Å². The predicted molar refractivity (Wildman–Crippen MR) is 73.3 cm³/mol. The number of nitrogens with zero attached hydrogens (tertiary/aromatic N) is 1. The Morgan fingerprint density at radius 1 is 1.58 bits per heavy atom. The number of amides is 1. The summed E-state index contributed by atoms with van der Waals surface area (Å²) in [7, 11) is 1.53. The lowest BCUT2D eigenvalue weighted by molar-refractivity contribution is -0.00293. The first-order valence-electron chi connectivity index (χ1n) is 6.50. The lowest BCUT2D eigenvalue weighted by Gasteiger charge is -2.35. The van der Waals surface area contributed by atoms with Crippen LogP contribution in [0.1, 0.15) is 23.7 Å². The van der Waals surface area contributed by atoms with Gasteiger partial charge in [-0.15, -0.1) is 0 Å². The Balaban J connectivity index is 2.30. The van der Waals surface area contributed by atoms with Crippen molar-refractivity contribution in [2.45, 2.75) is 19.4 Å². The second-order valence-electron chi connectivity index (χ2n) is 4.56. The maximum absolute atomic E-state index is 12.6. The maximum atomic E-state index is 12.6. The molecule has 104 valence electrons. The molecule has 1 saturated heterocycles. The molecule has 1 atom stereocenters. The van der Waals surface area contributed by atoms with E-state index in [2.05, 4.69) is 6.92 Å². The number of nitrogen functional groups attached to an aromatic ring is 1. The highest BCUT2D eigenvalue weighted by molar-refractivity contribution is 5.98. The van der Waals surface area contributed by atoms with Gasteiger partial charge in [-0.3, -0.25) is 4.79 Å². The third-order valence-electron chi connectivity index (χ3n) is 3.44. The summed E-state index contributed by atoms with van der Waals surface area (Å²) in [6.45, 7) is 3.82. The maximum Gasteiger partial charge on any atom is 0.258 e. The van der Waals surface area contributed by atoms with Crippen LogP contribution in [0.15, 0.2) is 18.2 Å². The fourth-order valence-corrected chi connectivity index (χ4v) is 2.37. The van der Waals surface area contributed by atoms with E-state index in [9.17, 15) is 4.79 Å². The van der Waals surface area contributed by atoms with Crippen molar-refractivity contribution in [3.63, 3.8) is 0 Å². The second-order valence-corrected chi connectivity index (χ2v) is 4.56. The number of ether oxygens (including phenoxy) is 2. The van der Waals surface area contributed by atoms with Crippen LogP contribution < -0.4 is 10.5 Å². The molecule has 1 amide bonds. The van der Waals surface area contributed by atoms with Gasteiger partial charge in [0.2, 0.25) is 0 Å². The molecule has 5 heteroatoms. The molecular weight excluding hydrogens is 244 g/mol.